The number of benzene rings is 1. The molecular weight excluding hydrogens is 328 g/mol. The van der Waals surface area contributed by atoms with Gasteiger partial charge in [-0.15, -0.1) is 0 Å². The fraction of sp³-hybridized carbons (Fsp3) is 0.600. The van der Waals surface area contributed by atoms with Crippen LogP contribution < -0.4 is 15.4 Å². The number of rotatable bonds is 6. The Balaban J connectivity index is 1.82. The molecule has 1 aliphatic heterocycles. The van der Waals surface area contributed by atoms with E-state index in [2.05, 4.69) is 31.4 Å². The number of nitrogens with one attached hydrogen (secondary N) is 3. The molecule has 0 bridgehead atoms. The predicted molar refractivity (Wildman–Crippen MR) is 105 cm³/mol. The number of hydrogen-bond donors (Lipinski definition) is 3. The normalized spacial score (nSPS) is 19.9. The van der Waals surface area contributed by atoms with Crippen molar-refractivity contribution in [3.63, 3.8) is 0 Å². The van der Waals surface area contributed by atoms with Crippen LogP contribution in [0.3, 0.4) is 0 Å². The van der Waals surface area contributed by atoms with Crippen LogP contribution in [0.1, 0.15) is 39.2 Å². The molecule has 1 heterocycles. The van der Waals surface area contributed by atoms with E-state index in [9.17, 15) is 4.79 Å². The van der Waals surface area contributed by atoms with E-state index in [1.54, 1.807) is 19.0 Å². The van der Waals surface area contributed by atoms with E-state index in [1.807, 2.05) is 24.3 Å². The number of amidine groups is 1. The molecule has 1 aromatic rings. The van der Waals surface area contributed by atoms with Gasteiger partial charge in [0.2, 0.25) is 5.91 Å². The van der Waals surface area contributed by atoms with E-state index in [1.165, 1.54) is 0 Å². The Bertz CT molecular complexity index is 620. The average Bonchev–Trinajstić information content (AvgIpc) is 3.01. The van der Waals surface area contributed by atoms with Gasteiger partial charge in [0.25, 0.3) is 0 Å². The van der Waals surface area contributed by atoms with E-state index >= 15 is 0 Å². The zero-order valence-electron chi connectivity index (χ0n) is 16.6. The second kappa shape index (κ2) is 8.54. The zero-order valence-corrected chi connectivity index (χ0v) is 16.6. The molecule has 144 valence electrons. The standard InChI is InChI=1S/C20H32N4O2/c1-20(2,3)10-11-26-16-8-6-14(7-9-16)18(21)23-15-12-17(22-13-15)19(25)24(4)5/h6-9,15,17,22H,10-13H2,1-5H3,(H2,21,23)/t15-,17-/m0/s1. The maximum atomic E-state index is 12.0. The Morgan fingerprint density at radius 1 is 1.31 bits per heavy atom. The summed E-state index contributed by atoms with van der Waals surface area (Å²) >= 11 is 0. The molecule has 1 aromatic carbocycles. The molecular formula is C20H32N4O2. The first kappa shape index (κ1) is 20.2. The molecule has 1 saturated heterocycles. The molecule has 0 spiro atoms. The summed E-state index contributed by atoms with van der Waals surface area (Å²) < 4.78 is 5.77. The van der Waals surface area contributed by atoms with Crippen molar-refractivity contribution in [2.75, 3.05) is 27.2 Å². The van der Waals surface area contributed by atoms with Crippen LogP contribution in [-0.4, -0.2) is 56.0 Å². The first-order chi connectivity index (χ1) is 12.2. The van der Waals surface area contributed by atoms with Gasteiger partial charge in [-0.25, -0.2) is 0 Å². The number of likely N-dealkylation sites (N-methyl/N-ethyl adjacent to an activating group) is 1. The Morgan fingerprint density at radius 2 is 1.96 bits per heavy atom. The zero-order chi connectivity index (χ0) is 19.3. The van der Waals surface area contributed by atoms with E-state index < -0.39 is 0 Å². The van der Waals surface area contributed by atoms with Crippen molar-refractivity contribution in [1.82, 2.24) is 15.5 Å². The monoisotopic (exact) mass is 360 g/mol. The van der Waals surface area contributed by atoms with Gasteiger partial charge in [0, 0.05) is 32.2 Å². The molecule has 3 N–H and O–H groups in total. The number of nitrogens with zero attached hydrogens (tertiary/aromatic N) is 1. The molecule has 2 atom stereocenters. The fourth-order valence-corrected chi connectivity index (χ4v) is 2.83. The maximum Gasteiger partial charge on any atom is 0.239 e. The number of hydrogen-bond acceptors (Lipinski definition) is 4. The molecule has 0 aromatic heterocycles. The summed E-state index contributed by atoms with van der Waals surface area (Å²) in [6.07, 6.45) is 1.68. The minimum atomic E-state index is -0.172. The summed E-state index contributed by atoms with van der Waals surface area (Å²) in [6, 6.07) is 7.51. The molecule has 1 aliphatic rings. The predicted octanol–water partition coefficient (Wildman–Crippen LogP) is 2.24. The summed E-state index contributed by atoms with van der Waals surface area (Å²) in [5, 5.41) is 14.7. The number of ether oxygens (including phenoxy) is 1. The number of carbonyl (C=O) groups is 1. The molecule has 6 heteroatoms. The van der Waals surface area contributed by atoms with Gasteiger partial charge in [-0.1, -0.05) is 20.8 Å². The lowest BCUT2D eigenvalue weighted by molar-refractivity contribution is -0.130. The third kappa shape index (κ3) is 6.02. The molecule has 6 nitrogen and oxygen atoms in total. The van der Waals surface area contributed by atoms with Gasteiger partial charge in [0.15, 0.2) is 0 Å². The van der Waals surface area contributed by atoms with Crippen molar-refractivity contribution in [3.8, 4) is 5.75 Å². The Labute approximate surface area is 156 Å². The molecule has 1 amide bonds. The lowest BCUT2D eigenvalue weighted by Crippen LogP contribution is -2.39. The maximum absolute atomic E-state index is 12.0. The molecule has 1 fully saturated rings. The van der Waals surface area contributed by atoms with Crippen LogP contribution in [-0.2, 0) is 4.79 Å². The van der Waals surface area contributed by atoms with Crippen LogP contribution in [0.15, 0.2) is 24.3 Å². The first-order valence-corrected chi connectivity index (χ1v) is 9.18. The van der Waals surface area contributed by atoms with Crippen LogP contribution in [0, 0.1) is 10.8 Å². The van der Waals surface area contributed by atoms with Gasteiger partial charge in [0.1, 0.15) is 11.6 Å². The summed E-state index contributed by atoms with van der Waals surface area (Å²) in [6.45, 7) is 7.96. The van der Waals surface area contributed by atoms with E-state index in [4.69, 9.17) is 10.1 Å². The van der Waals surface area contributed by atoms with Crippen molar-refractivity contribution in [3.05, 3.63) is 29.8 Å². The van der Waals surface area contributed by atoms with E-state index in [-0.39, 0.29) is 23.4 Å². The highest BCUT2D eigenvalue weighted by Gasteiger charge is 2.30. The van der Waals surface area contributed by atoms with Gasteiger partial charge in [-0.05, 0) is 42.5 Å². The van der Waals surface area contributed by atoms with E-state index in [0.29, 0.717) is 25.4 Å². The largest absolute Gasteiger partial charge is 0.494 e. The summed E-state index contributed by atoms with van der Waals surface area (Å²) in [4.78, 5) is 13.6. The van der Waals surface area contributed by atoms with Crippen LogP contribution in [0.25, 0.3) is 0 Å². The molecule has 0 unspecified atom stereocenters. The molecule has 26 heavy (non-hydrogen) atoms. The fourth-order valence-electron chi connectivity index (χ4n) is 2.83. The lowest BCUT2D eigenvalue weighted by atomic mass is 9.93. The van der Waals surface area contributed by atoms with Crippen molar-refractivity contribution in [2.45, 2.75) is 45.7 Å². The quantitative estimate of drug-likeness (QED) is 0.537. The van der Waals surface area contributed by atoms with Gasteiger partial charge in [0.05, 0.1) is 12.6 Å². The molecule has 0 radical (unpaired) electrons. The van der Waals surface area contributed by atoms with Crippen molar-refractivity contribution in [1.29, 1.82) is 5.41 Å². The van der Waals surface area contributed by atoms with Crippen molar-refractivity contribution < 1.29 is 9.53 Å². The smallest absolute Gasteiger partial charge is 0.239 e. The Hall–Kier alpha value is -2.08. The van der Waals surface area contributed by atoms with Crippen molar-refractivity contribution >= 4 is 11.7 Å². The minimum absolute atomic E-state index is 0.0811. The summed E-state index contributed by atoms with van der Waals surface area (Å²) in [5.74, 6) is 1.28. The van der Waals surface area contributed by atoms with Crippen LogP contribution in [0.5, 0.6) is 5.75 Å². The van der Waals surface area contributed by atoms with Gasteiger partial charge in [-0.3, -0.25) is 10.2 Å². The minimum Gasteiger partial charge on any atom is -0.494 e. The van der Waals surface area contributed by atoms with E-state index in [0.717, 1.165) is 17.7 Å². The lowest BCUT2D eigenvalue weighted by Gasteiger charge is -2.18. The summed E-state index contributed by atoms with van der Waals surface area (Å²) in [7, 11) is 3.52. The molecule has 0 saturated carbocycles. The highest BCUT2D eigenvalue weighted by Crippen LogP contribution is 2.20. The topological polar surface area (TPSA) is 77.5 Å². The SMILES string of the molecule is CN(C)C(=O)[C@@H]1C[C@H](NC(=N)c2ccc(OCCC(C)(C)C)cc2)CN1. The third-order valence-corrected chi connectivity index (χ3v) is 4.48. The highest BCUT2D eigenvalue weighted by atomic mass is 16.5. The van der Waals surface area contributed by atoms with Gasteiger partial charge in [-0.2, -0.15) is 0 Å². The van der Waals surface area contributed by atoms with Gasteiger partial charge < -0.3 is 20.3 Å². The van der Waals surface area contributed by atoms with Gasteiger partial charge >= 0.3 is 0 Å². The second-order valence-corrected chi connectivity index (χ2v) is 8.33. The van der Waals surface area contributed by atoms with Crippen molar-refractivity contribution in [2.24, 2.45) is 5.41 Å². The van der Waals surface area contributed by atoms with Crippen LogP contribution >= 0.6 is 0 Å². The Kier molecular flexibility index (Phi) is 6.64. The summed E-state index contributed by atoms with van der Waals surface area (Å²) in [5.41, 5.74) is 1.07. The second-order valence-electron chi connectivity index (χ2n) is 8.33. The third-order valence-electron chi connectivity index (χ3n) is 4.48. The average molecular weight is 361 g/mol. The number of amides is 1. The van der Waals surface area contributed by atoms with Crippen LogP contribution in [0.2, 0.25) is 0 Å². The highest BCUT2D eigenvalue weighted by molar-refractivity contribution is 5.96. The van der Waals surface area contributed by atoms with Crippen LogP contribution in [0.4, 0.5) is 0 Å². The molecule has 0 aliphatic carbocycles. The Morgan fingerprint density at radius 3 is 2.54 bits per heavy atom. The number of carbonyl (C=O) groups excluding carboxylic acids is 1. The molecule has 2 rings (SSSR count). The first-order valence-electron chi connectivity index (χ1n) is 9.18.